The van der Waals surface area contributed by atoms with E-state index in [9.17, 15) is 4.79 Å². The van der Waals surface area contributed by atoms with Gasteiger partial charge in [0.05, 0.1) is 19.8 Å². The zero-order chi connectivity index (χ0) is 9.23. The van der Waals surface area contributed by atoms with Crippen LogP contribution in [0.15, 0.2) is 0 Å². The molecule has 0 N–H and O–H groups in total. The van der Waals surface area contributed by atoms with Gasteiger partial charge in [-0.25, -0.2) is 4.79 Å². The minimum absolute atomic E-state index is 0.00561. The molecule has 4 heteroatoms. The lowest BCUT2D eigenvalue weighted by Crippen LogP contribution is -2.14. The van der Waals surface area contributed by atoms with Crippen molar-refractivity contribution in [3.63, 3.8) is 0 Å². The molecular weight excluding hydrogens is 160 g/mol. The van der Waals surface area contributed by atoms with Gasteiger partial charge in [0.1, 0.15) is 6.61 Å². The van der Waals surface area contributed by atoms with E-state index in [4.69, 9.17) is 9.47 Å². The Labute approximate surface area is 72.8 Å². The van der Waals surface area contributed by atoms with Crippen LogP contribution in [0.4, 0.5) is 0 Å². The smallest absolute Gasteiger partial charge is 0.332 e. The van der Waals surface area contributed by atoms with Gasteiger partial charge in [-0.05, 0) is 13.8 Å². The third kappa shape index (κ3) is 7.50. The maximum absolute atomic E-state index is 10.7. The van der Waals surface area contributed by atoms with Crippen LogP contribution in [-0.2, 0) is 19.0 Å². The zero-order valence-corrected chi connectivity index (χ0v) is 7.38. The van der Waals surface area contributed by atoms with Crippen molar-refractivity contribution in [2.45, 2.75) is 6.92 Å². The highest BCUT2D eigenvalue weighted by Gasteiger charge is 1.99. The van der Waals surface area contributed by atoms with Crippen molar-refractivity contribution in [3.05, 3.63) is 6.92 Å². The van der Waals surface area contributed by atoms with Crippen LogP contribution in [0.5, 0.6) is 0 Å². The first-order chi connectivity index (χ1) is 5.81. The molecule has 71 valence electrons. The maximum Gasteiger partial charge on any atom is 0.332 e. The Morgan fingerprint density at radius 3 is 2.58 bits per heavy atom. The van der Waals surface area contributed by atoms with Crippen molar-refractivity contribution in [2.24, 2.45) is 0 Å². The minimum Gasteiger partial charge on any atom is -0.464 e. The number of hydrogen-bond donors (Lipinski definition) is 0. The number of ether oxygens (including phenoxy) is 3. The van der Waals surface area contributed by atoms with Crippen molar-refractivity contribution < 1.29 is 19.0 Å². The first-order valence-electron chi connectivity index (χ1n) is 3.91. The van der Waals surface area contributed by atoms with E-state index in [0.29, 0.717) is 26.4 Å². The van der Waals surface area contributed by atoms with Crippen molar-refractivity contribution in [2.75, 3.05) is 33.0 Å². The Kier molecular flexibility index (Phi) is 8.05. The molecule has 0 unspecified atom stereocenters. The molecular formula is C8H15O4. The lowest BCUT2D eigenvalue weighted by atomic mass is 10.7. The molecule has 0 aliphatic carbocycles. The first-order valence-corrected chi connectivity index (χ1v) is 3.91. The van der Waals surface area contributed by atoms with Gasteiger partial charge in [-0.3, -0.25) is 0 Å². The summed E-state index contributed by atoms with van der Waals surface area (Å²) in [5.41, 5.74) is 0. The average molecular weight is 175 g/mol. The molecule has 0 aliphatic rings. The summed E-state index contributed by atoms with van der Waals surface area (Å²) in [4.78, 5) is 10.7. The van der Waals surface area contributed by atoms with Crippen LogP contribution in [0.25, 0.3) is 0 Å². The summed E-state index contributed by atoms with van der Waals surface area (Å²) in [7, 11) is 0. The van der Waals surface area contributed by atoms with Crippen LogP contribution in [0.3, 0.4) is 0 Å². The molecule has 0 aromatic carbocycles. The normalized spacial score (nSPS) is 9.83. The number of carbonyl (C=O) groups is 1. The fraction of sp³-hybridized carbons (Fsp3) is 0.750. The highest BCUT2D eigenvalue weighted by Crippen LogP contribution is 1.82. The van der Waals surface area contributed by atoms with E-state index in [-0.39, 0.29) is 12.6 Å². The number of carbonyl (C=O) groups excluding carboxylic acids is 1. The Balaban J connectivity index is 3.03. The van der Waals surface area contributed by atoms with Crippen LogP contribution in [0, 0.1) is 6.92 Å². The van der Waals surface area contributed by atoms with Gasteiger partial charge in [-0.15, -0.1) is 0 Å². The van der Waals surface area contributed by atoms with Crippen LogP contribution >= 0.6 is 0 Å². The van der Waals surface area contributed by atoms with E-state index in [1.807, 2.05) is 0 Å². The van der Waals surface area contributed by atoms with Crippen molar-refractivity contribution in [1.29, 1.82) is 0 Å². The van der Waals surface area contributed by atoms with Gasteiger partial charge in [-0.1, -0.05) is 0 Å². The molecule has 0 saturated carbocycles. The van der Waals surface area contributed by atoms with Crippen molar-refractivity contribution in [1.82, 2.24) is 0 Å². The molecule has 0 saturated heterocycles. The van der Waals surface area contributed by atoms with E-state index < -0.39 is 0 Å². The monoisotopic (exact) mass is 175 g/mol. The third-order valence-electron chi connectivity index (χ3n) is 1.04. The van der Waals surface area contributed by atoms with Crippen LogP contribution < -0.4 is 0 Å². The fourth-order valence-corrected chi connectivity index (χ4v) is 0.578. The zero-order valence-electron chi connectivity index (χ0n) is 7.38. The molecule has 0 aromatic rings. The lowest BCUT2D eigenvalue weighted by Gasteiger charge is -2.03. The Morgan fingerprint density at radius 1 is 1.33 bits per heavy atom. The highest BCUT2D eigenvalue weighted by molar-refractivity contribution is 5.70. The highest BCUT2D eigenvalue weighted by atomic mass is 16.6. The van der Waals surface area contributed by atoms with Gasteiger partial charge in [0.15, 0.2) is 0 Å². The number of hydrogen-bond acceptors (Lipinski definition) is 4. The minimum atomic E-state index is -0.341. The molecule has 0 aliphatic heterocycles. The van der Waals surface area contributed by atoms with E-state index in [1.54, 1.807) is 6.92 Å². The maximum atomic E-state index is 10.7. The number of rotatable bonds is 7. The molecule has 0 aromatic heterocycles. The second-order valence-electron chi connectivity index (χ2n) is 1.97. The van der Waals surface area contributed by atoms with Crippen LogP contribution in [-0.4, -0.2) is 39.0 Å². The molecule has 0 amide bonds. The molecule has 1 radical (unpaired) electrons. The van der Waals surface area contributed by atoms with Gasteiger partial charge in [0.2, 0.25) is 0 Å². The summed E-state index contributed by atoms with van der Waals surface area (Å²) in [6.07, 6.45) is 0. The predicted molar refractivity (Wildman–Crippen MR) is 43.6 cm³/mol. The van der Waals surface area contributed by atoms with Crippen LogP contribution in [0.1, 0.15) is 6.92 Å². The molecule has 12 heavy (non-hydrogen) atoms. The second-order valence-corrected chi connectivity index (χ2v) is 1.97. The molecule has 0 fully saturated rings. The summed E-state index contributed by atoms with van der Waals surface area (Å²) in [6.45, 7) is 6.89. The predicted octanol–water partition coefficient (Wildman–Crippen LogP) is 0.417. The summed E-state index contributed by atoms with van der Waals surface area (Å²) in [5.74, 6) is -0.341. The Hall–Kier alpha value is -0.610. The molecule has 0 atom stereocenters. The largest absolute Gasteiger partial charge is 0.464 e. The first kappa shape index (κ1) is 11.4. The quantitative estimate of drug-likeness (QED) is 0.415. The molecule has 0 rings (SSSR count). The van der Waals surface area contributed by atoms with Gasteiger partial charge in [0.25, 0.3) is 0 Å². The van der Waals surface area contributed by atoms with Gasteiger partial charge >= 0.3 is 5.97 Å². The fourth-order valence-electron chi connectivity index (χ4n) is 0.578. The molecule has 0 heterocycles. The topological polar surface area (TPSA) is 44.8 Å². The number of esters is 1. The molecule has 0 bridgehead atoms. The van der Waals surface area contributed by atoms with Gasteiger partial charge in [0, 0.05) is 6.61 Å². The second kappa shape index (κ2) is 8.49. The Morgan fingerprint density at radius 2 is 2.00 bits per heavy atom. The summed E-state index contributed by atoms with van der Waals surface area (Å²) in [6, 6.07) is 0. The summed E-state index contributed by atoms with van der Waals surface area (Å²) < 4.78 is 14.4. The standard InChI is InChI=1S/C8H15O4/c1-3-10-5-6-11-7-8(9)12-4-2/h1,3-7H2,2H3. The summed E-state index contributed by atoms with van der Waals surface area (Å²) >= 11 is 0. The molecule has 4 nitrogen and oxygen atoms in total. The SMILES string of the molecule is [CH2]COCCOCC(=O)OCC. The van der Waals surface area contributed by atoms with Crippen molar-refractivity contribution in [3.8, 4) is 0 Å². The van der Waals surface area contributed by atoms with Gasteiger partial charge < -0.3 is 14.2 Å². The molecule has 0 spiro atoms. The van der Waals surface area contributed by atoms with Gasteiger partial charge in [-0.2, -0.15) is 0 Å². The van der Waals surface area contributed by atoms with E-state index in [1.165, 1.54) is 0 Å². The van der Waals surface area contributed by atoms with Crippen molar-refractivity contribution >= 4 is 5.97 Å². The van der Waals surface area contributed by atoms with E-state index in [2.05, 4.69) is 11.7 Å². The van der Waals surface area contributed by atoms with E-state index >= 15 is 0 Å². The Bertz CT molecular complexity index is 114. The average Bonchev–Trinajstić information content (AvgIpc) is 2.05. The van der Waals surface area contributed by atoms with E-state index in [0.717, 1.165) is 0 Å². The van der Waals surface area contributed by atoms with Crippen LogP contribution in [0.2, 0.25) is 0 Å². The summed E-state index contributed by atoms with van der Waals surface area (Å²) in [5, 5.41) is 0. The third-order valence-corrected chi connectivity index (χ3v) is 1.04. The lowest BCUT2D eigenvalue weighted by molar-refractivity contribution is -0.148.